The van der Waals surface area contributed by atoms with E-state index in [4.69, 9.17) is 0 Å². The smallest absolute Gasteiger partial charge is 0.182 e. The number of carbonyl (C=O) groups is 1. The summed E-state index contributed by atoms with van der Waals surface area (Å²) in [5, 5.41) is 0. The summed E-state index contributed by atoms with van der Waals surface area (Å²) in [4.78, 5) is 14.2. The molecule has 1 aromatic rings. The van der Waals surface area contributed by atoms with E-state index in [-0.39, 0.29) is 17.4 Å². The van der Waals surface area contributed by atoms with Gasteiger partial charge in [-0.25, -0.2) is 4.39 Å². The zero-order valence-corrected chi connectivity index (χ0v) is 9.45. The number of halogens is 1. The first-order valence-electron chi connectivity index (χ1n) is 5.69. The lowest BCUT2D eigenvalue weighted by molar-refractivity contribution is 0.0794. The zero-order valence-electron chi connectivity index (χ0n) is 9.45. The number of nitrogens with zero attached hydrogens (tertiary/aromatic N) is 1. The maximum absolute atomic E-state index is 13.5. The Morgan fingerprint density at radius 2 is 2.12 bits per heavy atom. The molecule has 1 atom stereocenters. The van der Waals surface area contributed by atoms with Crippen LogP contribution < -0.4 is 0 Å². The average Bonchev–Trinajstić information content (AvgIpc) is 2.29. The van der Waals surface area contributed by atoms with Crippen molar-refractivity contribution in [1.82, 2.24) is 4.90 Å². The minimum absolute atomic E-state index is 0.0831. The number of rotatable bonds is 2. The molecule has 1 saturated heterocycles. The second-order valence-electron chi connectivity index (χ2n) is 4.34. The van der Waals surface area contributed by atoms with Crippen LogP contribution in [0.5, 0.6) is 0 Å². The van der Waals surface area contributed by atoms with Gasteiger partial charge >= 0.3 is 0 Å². The Morgan fingerprint density at radius 3 is 2.81 bits per heavy atom. The highest BCUT2D eigenvalue weighted by atomic mass is 19.1. The number of carbonyl (C=O) groups excluding carboxylic acids is 1. The molecule has 0 bridgehead atoms. The summed E-state index contributed by atoms with van der Waals surface area (Å²) < 4.78 is 13.5. The van der Waals surface area contributed by atoms with Crippen molar-refractivity contribution in [2.45, 2.75) is 25.3 Å². The van der Waals surface area contributed by atoms with Gasteiger partial charge in [0.05, 0.1) is 11.6 Å². The summed E-state index contributed by atoms with van der Waals surface area (Å²) in [7, 11) is 1.93. The van der Waals surface area contributed by atoms with Crippen molar-refractivity contribution in [1.29, 1.82) is 0 Å². The quantitative estimate of drug-likeness (QED) is 0.715. The number of hydrogen-bond donors (Lipinski definition) is 0. The summed E-state index contributed by atoms with van der Waals surface area (Å²) in [6.07, 6.45) is 3.01. The summed E-state index contributed by atoms with van der Waals surface area (Å²) in [5.41, 5.74) is 0.223. The van der Waals surface area contributed by atoms with Crippen molar-refractivity contribution in [3.8, 4) is 0 Å². The summed E-state index contributed by atoms with van der Waals surface area (Å²) in [5.74, 6) is -0.494. The highest BCUT2D eigenvalue weighted by Gasteiger charge is 2.27. The Balaban J connectivity index is 2.21. The van der Waals surface area contributed by atoms with Gasteiger partial charge in [-0.3, -0.25) is 9.69 Å². The molecule has 0 spiro atoms. The number of benzene rings is 1. The molecule has 0 radical (unpaired) electrons. The Hall–Kier alpha value is -1.22. The van der Waals surface area contributed by atoms with Crippen LogP contribution in [0.2, 0.25) is 0 Å². The zero-order chi connectivity index (χ0) is 11.5. The number of likely N-dealkylation sites (tertiary alicyclic amines) is 1. The van der Waals surface area contributed by atoms with Crippen LogP contribution >= 0.6 is 0 Å². The van der Waals surface area contributed by atoms with Gasteiger partial charge in [-0.1, -0.05) is 18.6 Å². The number of Topliss-reactive ketones (excluding diaryl/α,β-unsaturated/α-hetero) is 1. The van der Waals surface area contributed by atoms with Gasteiger partial charge in [0.15, 0.2) is 5.78 Å². The van der Waals surface area contributed by atoms with Crippen LogP contribution in [0.1, 0.15) is 29.6 Å². The van der Waals surface area contributed by atoms with Crippen LogP contribution in [0.4, 0.5) is 4.39 Å². The lowest BCUT2D eigenvalue weighted by Gasteiger charge is -2.31. The van der Waals surface area contributed by atoms with Crippen molar-refractivity contribution >= 4 is 5.78 Å². The third-order valence-electron chi connectivity index (χ3n) is 3.21. The second-order valence-corrected chi connectivity index (χ2v) is 4.34. The lowest BCUT2D eigenvalue weighted by Crippen LogP contribution is -2.42. The fraction of sp³-hybridized carbons (Fsp3) is 0.462. The third kappa shape index (κ3) is 2.14. The highest BCUT2D eigenvalue weighted by Crippen LogP contribution is 2.20. The van der Waals surface area contributed by atoms with Crippen LogP contribution in [0.15, 0.2) is 24.3 Å². The molecule has 2 rings (SSSR count). The molecule has 86 valence electrons. The second kappa shape index (κ2) is 4.74. The fourth-order valence-electron chi connectivity index (χ4n) is 2.25. The number of piperidine rings is 1. The van der Waals surface area contributed by atoms with Crippen LogP contribution in [-0.4, -0.2) is 30.3 Å². The summed E-state index contributed by atoms with van der Waals surface area (Å²) in [6.45, 7) is 0.921. The van der Waals surface area contributed by atoms with Crippen molar-refractivity contribution < 1.29 is 9.18 Å². The van der Waals surface area contributed by atoms with Crippen molar-refractivity contribution in [3.63, 3.8) is 0 Å². The molecule has 16 heavy (non-hydrogen) atoms. The molecule has 0 N–H and O–H groups in total. The Labute approximate surface area is 95.1 Å². The molecule has 1 aliphatic rings. The van der Waals surface area contributed by atoms with E-state index in [0.29, 0.717) is 0 Å². The molecule has 1 aromatic carbocycles. The van der Waals surface area contributed by atoms with Gasteiger partial charge in [-0.15, -0.1) is 0 Å². The molecule has 1 fully saturated rings. The molecule has 1 unspecified atom stereocenters. The van der Waals surface area contributed by atoms with E-state index in [1.54, 1.807) is 18.2 Å². The number of hydrogen-bond acceptors (Lipinski definition) is 2. The minimum atomic E-state index is -0.411. The Morgan fingerprint density at radius 1 is 1.38 bits per heavy atom. The van der Waals surface area contributed by atoms with Gasteiger partial charge < -0.3 is 0 Å². The van der Waals surface area contributed by atoms with E-state index < -0.39 is 5.82 Å². The first kappa shape index (κ1) is 11.3. The maximum atomic E-state index is 13.5. The van der Waals surface area contributed by atoms with E-state index in [1.165, 1.54) is 6.07 Å². The SMILES string of the molecule is CN1CCCCC1C(=O)c1ccccc1F. The topological polar surface area (TPSA) is 20.3 Å². The molecule has 3 heteroatoms. The molecule has 2 nitrogen and oxygen atoms in total. The van der Waals surface area contributed by atoms with Gasteiger partial charge in [0.1, 0.15) is 5.82 Å². The monoisotopic (exact) mass is 221 g/mol. The maximum Gasteiger partial charge on any atom is 0.182 e. The largest absolute Gasteiger partial charge is 0.296 e. The molecule has 1 aliphatic heterocycles. The molecule has 0 amide bonds. The Kier molecular flexibility index (Phi) is 3.34. The van der Waals surface area contributed by atoms with E-state index >= 15 is 0 Å². The number of ketones is 1. The fourth-order valence-corrected chi connectivity index (χ4v) is 2.25. The lowest BCUT2D eigenvalue weighted by atomic mass is 9.95. The molecular weight excluding hydrogens is 205 g/mol. The van der Waals surface area contributed by atoms with Crippen LogP contribution in [0.3, 0.4) is 0 Å². The van der Waals surface area contributed by atoms with Gasteiger partial charge in [0.2, 0.25) is 0 Å². The van der Waals surface area contributed by atoms with Crippen LogP contribution in [0.25, 0.3) is 0 Å². The predicted molar refractivity (Wildman–Crippen MR) is 61.0 cm³/mol. The van der Waals surface area contributed by atoms with Crippen molar-refractivity contribution in [3.05, 3.63) is 35.6 Å². The van der Waals surface area contributed by atoms with Crippen molar-refractivity contribution in [2.24, 2.45) is 0 Å². The standard InChI is InChI=1S/C13H16FNO/c1-15-9-5-4-8-12(15)13(16)10-6-2-3-7-11(10)14/h2-3,6-7,12H,4-5,8-9H2,1H3. The van der Waals surface area contributed by atoms with Crippen molar-refractivity contribution in [2.75, 3.05) is 13.6 Å². The highest BCUT2D eigenvalue weighted by molar-refractivity contribution is 6.00. The van der Waals surface area contributed by atoms with Gasteiger partial charge in [-0.2, -0.15) is 0 Å². The molecular formula is C13H16FNO. The predicted octanol–water partition coefficient (Wildman–Crippen LogP) is 2.49. The molecule has 0 aliphatic carbocycles. The number of likely N-dealkylation sites (N-methyl/N-ethyl adjacent to an activating group) is 1. The van der Waals surface area contributed by atoms with E-state index in [2.05, 4.69) is 0 Å². The van der Waals surface area contributed by atoms with Gasteiger partial charge in [0, 0.05) is 0 Å². The van der Waals surface area contributed by atoms with E-state index in [1.807, 2.05) is 11.9 Å². The van der Waals surface area contributed by atoms with Crippen LogP contribution in [0, 0.1) is 5.82 Å². The molecule has 0 aromatic heterocycles. The molecule has 0 saturated carbocycles. The first-order chi connectivity index (χ1) is 7.70. The van der Waals surface area contributed by atoms with E-state index in [0.717, 1.165) is 25.8 Å². The normalized spacial score (nSPS) is 22.0. The Bertz CT molecular complexity index is 391. The summed E-state index contributed by atoms with van der Waals surface area (Å²) >= 11 is 0. The summed E-state index contributed by atoms with van der Waals surface area (Å²) in [6, 6.07) is 6.08. The van der Waals surface area contributed by atoms with E-state index in [9.17, 15) is 9.18 Å². The van der Waals surface area contributed by atoms with Gasteiger partial charge in [-0.05, 0) is 38.6 Å². The third-order valence-corrected chi connectivity index (χ3v) is 3.21. The molecule has 1 heterocycles. The van der Waals surface area contributed by atoms with Gasteiger partial charge in [0.25, 0.3) is 0 Å². The first-order valence-corrected chi connectivity index (χ1v) is 5.69. The minimum Gasteiger partial charge on any atom is -0.296 e. The van der Waals surface area contributed by atoms with Crippen LogP contribution in [-0.2, 0) is 0 Å². The average molecular weight is 221 g/mol.